The molecule has 0 unspecified atom stereocenters. The van der Waals surface area contributed by atoms with Crippen molar-refractivity contribution in [3.8, 4) is 0 Å². The summed E-state index contributed by atoms with van der Waals surface area (Å²) in [5.41, 5.74) is 1.47. The molecule has 4 rings (SSSR count). The van der Waals surface area contributed by atoms with Crippen LogP contribution in [0.25, 0.3) is 10.9 Å². The number of rotatable bonds is 5. The molecule has 30 heavy (non-hydrogen) atoms. The van der Waals surface area contributed by atoms with E-state index in [0.29, 0.717) is 16.7 Å². The van der Waals surface area contributed by atoms with Gasteiger partial charge in [-0.15, -0.1) is 0 Å². The standard InChI is InChI=1S/C24H28N4O2/c1-24(12-14-28(15-13-24)17-18-8-4-3-5-9-18)23(30)25-16-21-26-20-11-7-6-10-19(20)22(29)27(21)2/h3-11H,12-17H2,1-2H3,(H,25,30). The Labute approximate surface area is 176 Å². The molecule has 0 atom stereocenters. The molecule has 1 aliphatic heterocycles. The largest absolute Gasteiger partial charge is 0.348 e. The minimum atomic E-state index is -0.400. The van der Waals surface area contributed by atoms with Crippen molar-refractivity contribution in [2.75, 3.05) is 13.1 Å². The van der Waals surface area contributed by atoms with E-state index < -0.39 is 5.41 Å². The van der Waals surface area contributed by atoms with Crippen molar-refractivity contribution in [2.45, 2.75) is 32.9 Å². The summed E-state index contributed by atoms with van der Waals surface area (Å²) in [5.74, 6) is 0.599. The average Bonchev–Trinajstić information content (AvgIpc) is 2.77. The first-order chi connectivity index (χ1) is 14.5. The van der Waals surface area contributed by atoms with Crippen LogP contribution in [0.1, 0.15) is 31.2 Å². The van der Waals surface area contributed by atoms with Gasteiger partial charge in [0, 0.05) is 19.0 Å². The maximum Gasteiger partial charge on any atom is 0.261 e. The van der Waals surface area contributed by atoms with Crippen LogP contribution in [0, 0.1) is 5.41 Å². The van der Waals surface area contributed by atoms with Gasteiger partial charge in [-0.2, -0.15) is 0 Å². The number of carbonyl (C=O) groups excluding carboxylic acids is 1. The fourth-order valence-electron chi connectivity index (χ4n) is 4.07. The number of amides is 1. The van der Waals surface area contributed by atoms with Crippen LogP contribution >= 0.6 is 0 Å². The second-order valence-corrected chi connectivity index (χ2v) is 8.41. The lowest BCUT2D eigenvalue weighted by Crippen LogP contribution is -2.47. The van der Waals surface area contributed by atoms with E-state index in [0.717, 1.165) is 32.5 Å². The summed E-state index contributed by atoms with van der Waals surface area (Å²) in [5, 5.41) is 3.62. The van der Waals surface area contributed by atoms with Crippen LogP contribution in [-0.4, -0.2) is 33.4 Å². The van der Waals surface area contributed by atoms with E-state index >= 15 is 0 Å². The molecule has 0 saturated carbocycles. The smallest absolute Gasteiger partial charge is 0.261 e. The molecule has 0 aliphatic carbocycles. The van der Waals surface area contributed by atoms with Gasteiger partial charge in [0.05, 0.1) is 17.4 Å². The highest BCUT2D eigenvalue weighted by atomic mass is 16.2. The molecule has 156 valence electrons. The Bertz CT molecular complexity index is 1100. The van der Waals surface area contributed by atoms with Crippen molar-refractivity contribution in [3.05, 3.63) is 76.3 Å². The molecule has 2 heterocycles. The normalized spacial score (nSPS) is 16.5. The average molecular weight is 405 g/mol. The predicted octanol–water partition coefficient (Wildman–Crippen LogP) is 2.85. The van der Waals surface area contributed by atoms with Gasteiger partial charge >= 0.3 is 0 Å². The molecular formula is C24H28N4O2. The third-order valence-electron chi connectivity index (χ3n) is 6.24. The Kier molecular flexibility index (Phi) is 5.68. The maximum absolute atomic E-state index is 13.0. The highest BCUT2D eigenvalue weighted by Gasteiger charge is 2.36. The molecule has 1 amide bonds. The van der Waals surface area contributed by atoms with Crippen LogP contribution < -0.4 is 10.9 Å². The van der Waals surface area contributed by atoms with Gasteiger partial charge in [0.15, 0.2) is 0 Å². The molecule has 6 nitrogen and oxygen atoms in total. The SMILES string of the molecule is Cn1c(CNC(=O)C2(C)CCN(Cc3ccccc3)CC2)nc2ccccc2c1=O. The third-order valence-corrected chi connectivity index (χ3v) is 6.24. The summed E-state index contributed by atoms with van der Waals surface area (Å²) >= 11 is 0. The minimum Gasteiger partial charge on any atom is -0.348 e. The van der Waals surface area contributed by atoms with Gasteiger partial charge in [-0.1, -0.05) is 49.4 Å². The van der Waals surface area contributed by atoms with Gasteiger partial charge < -0.3 is 5.32 Å². The predicted molar refractivity (Wildman–Crippen MR) is 118 cm³/mol. The number of benzene rings is 2. The number of nitrogens with zero attached hydrogens (tertiary/aromatic N) is 3. The molecule has 0 spiro atoms. The number of fused-ring (bicyclic) bond motifs is 1. The molecule has 2 aromatic carbocycles. The van der Waals surface area contributed by atoms with Crippen LogP contribution in [-0.2, 0) is 24.9 Å². The van der Waals surface area contributed by atoms with Crippen LogP contribution in [0.15, 0.2) is 59.4 Å². The van der Waals surface area contributed by atoms with E-state index in [-0.39, 0.29) is 18.0 Å². The van der Waals surface area contributed by atoms with Crippen molar-refractivity contribution in [1.29, 1.82) is 0 Å². The van der Waals surface area contributed by atoms with E-state index in [4.69, 9.17) is 0 Å². The molecule has 3 aromatic rings. The highest BCUT2D eigenvalue weighted by molar-refractivity contribution is 5.82. The summed E-state index contributed by atoms with van der Waals surface area (Å²) < 4.78 is 1.52. The zero-order valence-corrected chi connectivity index (χ0v) is 17.6. The minimum absolute atomic E-state index is 0.0317. The first-order valence-electron chi connectivity index (χ1n) is 10.5. The number of likely N-dealkylation sites (tertiary alicyclic amines) is 1. The first kappa shape index (κ1) is 20.3. The second kappa shape index (κ2) is 8.40. The summed E-state index contributed by atoms with van der Waals surface area (Å²) in [6.07, 6.45) is 1.63. The van der Waals surface area contributed by atoms with Crippen molar-refractivity contribution in [3.63, 3.8) is 0 Å². The van der Waals surface area contributed by atoms with Crippen molar-refractivity contribution in [2.24, 2.45) is 12.5 Å². The topological polar surface area (TPSA) is 67.2 Å². The summed E-state index contributed by atoms with van der Waals surface area (Å²) in [7, 11) is 1.70. The van der Waals surface area contributed by atoms with Crippen LogP contribution in [0.3, 0.4) is 0 Å². The van der Waals surface area contributed by atoms with E-state index in [9.17, 15) is 9.59 Å². The Morgan fingerprint density at radius 3 is 2.47 bits per heavy atom. The fourth-order valence-corrected chi connectivity index (χ4v) is 4.07. The number of nitrogens with one attached hydrogen (secondary N) is 1. The zero-order valence-electron chi connectivity index (χ0n) is 17.6. The molecule has 1 aliphatic rings. The van der Waals surface area contributed by atoms with Gasteiger partial charge in [-0.05, 0) is 43.6 Å². The number of hydrogen-bond acceptors (Lipinski definition) is 4. The van der Waals surface area contributed by atoms with Crippen LogP contribution in [0.4, 0.5) is 0 Å². The molecule has 6 heteroatoms. The van der Waals surface area contributed by atoms with Gasteiger partial charge in [0.25, 0.3) is 5.56 Å². The first-order valence-corrected chi connectivity index (χ1v) is 10.5. The highest BCUT2D eigenvalue weighted by Crippen LogP contribution is 2.31. The van der Waals surface area contributed by atoms with E-state index in [1.165, 1.54) is 10.1 Å². The molecule has 0 radical (unpaired) electrons. The number of piperidine rings is 1. The van der Waals surface area contributed by atoms with E-state index in [1.54, 1.807) is 13.1 Å². The molecular weight excluding hydrogens is 376 g/mol. The van der Waals surface area contributed by atoms with Crippen molar-refractivity contribution < 1.29 is 4.79 Å². The van der Waals surface area contributed by atoms with Crippen molar-refractivity contribution in [1.82, 2.24) is 19.8 Å². The Hall–Kier alpha value is -2.99. The summed E-state index contributed by atoms with van der Waals surface area (Å²) in [6.45, 7) is 4.99. The van der Waals surface area contributed by atoms with Gasteiger partial charge in [0.2, 0.25) is 5.91 Å². The fraction of sp³-hybridized carbons (Fsp3) is 0.375. The number of aromatic nitrogens is 2. The maximum atomic E-state index is 13.0. The van der Waals surface area contributed by atoms with Gasteiger partial charge in [0.1, 0.15) is 5.82 Å². The van der Waals surface area contributed by atoms with Gasteiger partial charge in [-0.3, -0.25) is 19.1 Å². The van der Waals surface area contributed by atoms with Crippen LogP contribution in [0.2, 0.25) is 0 Å². The summed E-state index contributed by atoms with van der Waals surface area (Å²) in [4.78, 5) is 32.5. The number of carbonyl (C=O) groups is 1. The lowest BCUT2D eigenvalue weighted by Gasteiger charge is -2.38. The lowest BCUT2D eigenvalue weighted by molar-refractivity contribution is -0.133. The van der Waals surface area contributed by atoms with E-state index in [1.807, 2.05) is 31.2 Å². The number of para-hydroxylation sites is 1. The second-order valence-electron chi connectivity index (χ2n) is 8.41. The Morgan fingerprint density at radius 2 is 1.73 bits per heavy atom. The molecule has 1 aromatic heterocycles. The monoisotopic (exact) mass is 404 g/mol. The molecule has 1 saturated heterocycles. The third kappa shape index (κ3) is 4.14. The quantitative estimate of drug-likeness (QED) is 0.710. The summed E-state index contributed by atoms with van der Waals surface area (Å²) in [6, 6.07) is 17.7. The Morgan fingerprint density at radius 1 is 1.07 bits per heavy atom. The van der Waals surface area contributed by atoms with Crippen molar-refractivity contribution >= 4 is 16.8 Å². The van der Waals surface area contributed by atoms with Crippen LogP contribution in [0.5, 0.6) is 0 Å². The van der Waals surface area contributed by atoms with E-state index in [2.05, 4.69) is 39.5 Å². The lowest BCUT2D eigenvalue weighted by atomic mass is 9.79. The molecule has 1 N–H and O–H groups in total. The molecule has 1 fully saturated rings. The zero-order chi connectivity index (χ0) is 21.1. The Balaban J connectivity index is 1.38. The number of hydrogen-bond donors (Lipinski definition) is 1. The van der Waals surface area contributed by atoms with Gasteiger partial charge in [-0.25, -0.2) is 4.98 Å². The molecule has 0 bridgehead atoms.